The molecule has 1 fully saturated rings. The molecule has 0 N–H and O–H groups in total. The maximum Gasteiger partial charge on any atom is 0.0967 e. The number of hydrogen-bond acceptors (Lipinski definition) is 3. The lowest BCUT2D eigenvalue weighted by atomic mass is 10.1. The zero-order chi connectivity index (χ0) is 12.9. The van der Waals surface area contributed by atoms with Crippen molar-refractivity contribution in [1.29, 1.82) is 0 Å². The minimum atomic E-state index is 0.799. The van der Waals surface area contributed by atoms with E-state index >= 15 is 0 Å². The minimum Gasteiger partial charge on any atom is -0.297 e. The summed E-state index contributed by atoms with van der Waals surface area (Å²) in [7, 11) is 0. The molecule has 2 heterocycles. The van der Waals surface area contributed by atoms with E-state index in [1.807, 2.05) is 10.7 Å². The largest absolute Gasteiger partial charge is 0.297 e. The molecule has 0 atom stereocenters. The zero-order valence-corrected chi connectivity index (χ0v) is 11.2. The van der Waals surface area contributed by atoms with Crippen LogP contribution >= 0.6 is 0 Å². The topological polar surface area (TPSA) is 34.0 Å². The van der Waals surface area contributed by atoms with Crippen LogP contribution in [0.4, 0.5) is 0 Å². The standard InChI is InChI=1S/C15H20N4/c1-3-7-14(8-4-1)11-19-13-15(16-17-19)12-18-9-5-2-6-10-18/h1,3-4,7-8,13H,2,5-6,9-12H2. The van der Waals surface area contributed by atoms with E-state index in [0.717, 1.165) is 18.8 Å². The molecule has 0 amide bonds. The van der Waals surface area contributed by atoms with Gasteiger partial charge in [0, 0.05) is 6.54 Å². The van der Waals surface area contributed by atoms with Gasteiger partial charge in [0.15, 0.2) is 0 Å². The number of rotatable bonds is 4. The van der Waals surface area contributed by atoms with Crippen molar-refractivity contribution in [1.82, 2.24) is 19.9 Å². The molecule has 2 aromatic rings. The van der Waals surface area contributed by atoms with Gasteiger partial charge < -0.3 is 0 Å². The Morgan fingerprint density at radius 2 is 1.74 bits per heavy atom. The third-order valence-corrected chi connectivity index (χ3v) is 3.61. The number of benzene rings is 1. The predicted molar refractivity (Wildman–Crippen MR) is 74.7 cm³/mol. The molecule has 0 unspecified atom stereocenters. The van der Waals surface area contributed by atoms with Crippen molar-refractivity contribution in [2.45, 2.75) is 32.4 Å². The summed E-state index contributed by atoms with van der Waals surface area (Å²) in [6, 6.07) is 10.4. The molecular formula is C15H20N4. The van der Waals surface area contributed by atoms with Gasteiger partial charge in [-0.05, 0) is 31.5 Å². The second-order valence-electron chi connectivity index (χ2n) is 5.23. The zero-order valence-electron chi connectivity index (χ0n) is 11.2. The van der Waals surface area contributed by atoms with Crippen molar-refractivity contribution in [3.8, 4) is 0 Å². The Morgan fingerprint density at radius 3 is 2.53 bits per heavy atom. The van der Waals surface area contributed by atoms with Crippen LogP contribution < -0.4 is 0 Å². The summed E-state index contributed by atoms with van der Waals surface area (Å²) < 4.78 is 1.93. The highest BCUT2D eigenvalue weighted by molar-refractivity contribution is 5.14. The fourth-order valence-electron chi connectivity index (χ4n) is 2.61. The smallest absolute Gasteiger partial charge is 0.0967 e. The first-order chi connectivity index (χ1) is 9.40. The van der Waals surface area contributed by atoms with Gasteiger partial charge in [0.1, 0.15) is 0 Å². The van der Waals surface area contributed by atoms with Crippen LogP contribution in [0.5, 0.6) is 0 Å². The van der Waals surface area contributed by atoms with Gasteiger partial charge in [-0.2, -0.15) is 0 Å². The Hall–Kier alpha value is -1.68. The quantitative estimate of drug-likeness (QED) is 0.842. The SMILES string of the molecule is c1ccc(Cn2cc(CN3CCCCC3)nn2)cc1. The third kappa shape index (κ3) is 3.41. The van der Waals surface area contributed by atoms with E-state index in [-0.39, 0.29) is 0 Å². The van der Waals surface area contributed by atoms with Crippen molar-refractivity contribution in [2.24, 2.45) is 0 Å². The molecule has 0 spiro atoms. The van der Waals surface area contributed by atoms with Crippen LogP contribution in [0.3, 0.4) is 0 Å². The predicted octanol–water partition coefficient (Wildman–Crippen LogP) is 2.31. The maximum atomic E-state index is 4.28. The maximum absolute atomic E-state index is 4.28. The van der Waals surface area contributed by atoms with Crippen LogP contribution in [0, 0.1) is 0 Å². The summed E-state index contributed by atoms with van der Waals surface area (Å²) in [6.07, 6.45) is 6.08. The van der Waals surface area contributed by atoms with Crippen LogP contribution in [-0.2, 0) is 13.1 Å². The lowest BCUT2D eigenvalue weighted by molar-refractivity contribution is 0.218. The first-order valence-corrected chi connectivity index (χ1v) is 7.05. The second kappa shape index (κ2) is 5.97. The molecule has 0 saturated carbocycles. The highest BCUT2D eigenvalue weighted by Gasteiger charge is 2.12. The van der Waals surface area contributed by atoms with Gasteiger partial charge in [-0.1, -0.05) is 42.0 Å². The third-order valence-electron chi connectivity index (χ3n) is 3.61. The molecule has 3 rings (SSSR count). The van der Waals surface area contributed by atoms with Crippen LogP contribution in [-0.4, -0.2) is 33.0 Å². The summed E-state index contributed by atoms with van der Waals surface area (Å²) in [5.41, 5.74) is 2.34. The Kier molecular flexibility index (Phi) is 3.89. The van der Waals surface area contributed by atoms with Gasteiger partial charge in [0.2, 0.25) is 0 Å². The second-order valence-corrected chi connectivity index (χ2v) is 5.23. The van der Waals surface area contributed by atoms with E-state index < -0.39 is 0 Å². The van der Waals surface area contributed by atoms with Gasteiger partial charge in [-0.15, -0.1) is 5.10 Å². The summed E-state index contributed by atoms with van der Waals surface area (Å²) in [6.45, 7) is 4.14. The van der Waals surface area contributed by atoms with E-state index in [1.54, 1.807) is 0 Å². The van der Waals surface area contributed by atoms with E-state index in [1.165, 1.54) is 37.9 Å². The number of likely N-dealkylation sites (tertiary alicyclic amines) is 1. The molecular weight excluding hydrogens is 236 g/mol. The van der Waals surface area contributed by atoms with Gasteiger partial charge in [-0.25, -0.2) is 4.68 Å². The molecule has 1 aromatic heterocycles. The molecule has 4 nitrogen and oxygen atoms in total. The van der Waals surface area contributed by atoms with Crippen molar-refractivity contribution in [3.63, 3.8) is 0 Å². The average Bonchev–Trinajstić information content (AvgIpc) is 2.88. The summed E-state index contributed by atoms with van der Waals surface area (Å²) >= 11 is 0. The number of aromatic nitrogens is 3. The van der Waals surface area contributed by atoms with Gasteiger partial charge in [0.05, 0.1) is 18.4 Å². The summed E-state index contributed by atoms with van der Waals surface area (Å²) in [5, 5.41) is 8.49. The molecule has 0 aliphatic carbocycles. The Morgan fingerprint density at radius 1 is 0.947 bits per heavy atom. The number of hydrogen-bond donors (Lipinski definition) is 0. The first kappa shape index (κ1) is 12.4. The van der Waals surface area contributed by atoms with Crippen LogP contribution in [0.15, 0.2) is 36.5 Å². The van der Waals surface area contributed by atoms with Gasteiger partial charge in [0.25, 0.3) is 0 Å². The normalized spacial score (nSPS) is 16.6. The van der Waals surface area contributed by atoms with Crippen LogP contribution in [0.2, 0.25) is 0 Å². The fraction of sp³-hybridized carbons (Fsp3) is 0.467. The number of piperidine rings is 1. The van der Waals surface area contributed by atoms with Crippen LogP contribution in [0.1, 0.15) is 30.5 Å². The molecule has 1 aromatic carbocycles. The van der Waals surface area contributed by atoms with Crippen LogP contribution in [0.25, 0.3) is 0 Å². The average molecular weight is 256 g/mol. The highest BCUT2D eigenvalue weighted by Crippen LogP contribution is 2.11. The first-order valence-electron chi connectivity index (χ1n) is 7.05. The van der Waals surface area contributed by atoms with Gasteiger partial charge >= 0.3 is 0 Å². The van der Waals surface area contributed by atoms with E-state index in [0.29, 0.717) is 0 Å². The Labute approximate surface area is 114 Å². The van der Waals surface area contributed by atoms with Gasteiger partial charge in [-0.3, -0.25) is 4.90 Å². The molecule has 1 aliphatic heterocycles. The molecule has 0 radical (unpaired) electrons. The highest BCUT2D eigenvalue weighted by atomic mass is 15.4. The van der Waals surface area contributed by atoms with Crippen molar-refractivity contribution >= 4 is 0 Å². The van der Waals surface area contributed by atoms with Crippen molar-refractivity contribution in [3.05, 3.63) is 47.8 Å². The van der Waals surface area contributed by atoms with Crippen molar-refractivity contribution in [2.75, 3.05) is 13.1 Å². The molecule has 0 bridgehead atoms. The fourth-order valence-corrected chi connectivity index (χ4v) is 2.61. The Bertz CT molecular complexity index is 500. The molecule has 100 valence electrons. The molecule has 4 heteroatoms. The molecule has 1 saturated heterocycles. The van der Waals surface area contributed by atoms with E-state index in [4.69, 9.17) is 0 Å². The Balaban J connectivity index is 1.59. The van der Waals surface area contributed by atoms with Crippen molar-refractivity contribution < 1.29 is 0 Å². The molecule has 19 heavy (non-hydrogen) atoms. The lowest BCUT2D eigenvalue weighted by Gasteiger charge is -2.25. The lowest BCUT2D eigenvalue weighted by Crippen LogP contribution is -2.29. The summed E-state index contributed by atoms with van der Waals surface area (Å²) in [4.78, 5) is 2.47. The van der Waals surface area contributed by atoms with E-state index in [9.17, 15) is 0 Å². The molecule has 1 aliphatic rings. The van der Waals surface area contributed by atoms with E-state index in [2.05, 4.69) is 45.7 Å². The minimum absolute atomic E-state index is 0.799. The summed E-state index contributed by atoms with van der Waals surface area (Å²) in [5.74, 6) is 0. The number of nitrogens with zero attached hydrogens (tertiary/aromatic N) is 4. The monoisotopic (exact) mass is 256 g/mol.